The van der Waals surface area contributed by atoms with E-state index in [2.05, 4.69) is 12.2 Å². The van der Waals surface area contributed by atoms with Crippen molar-refractivity contribution in [3.05, 3.63) is 0 Å². The highest BCUT2D eigenvalue weighted by atomic mass is 16.2. The summed E-state index contributed by atoms with van der Waals surface area (Å²) in [6.07, 6.45) is 3.97. The van der Waals surface area contributed by atoms with Crippen molar-refractivity contribution < 1.29 is 4.79 Å². The second kappa shape index (κ2) is 4.78. The van der Waals surface area contributed by atoms with Gasteiger partial charge in [-0.1, -0.05) is 12.8 Å². The molecule has 0 aromatic heterocycles. The summed E-state index contributed by atoms with van der Waals surface area (Å²) in [7, 11) is 3.60. The van der Waals surface area contributed by atoms with Crippen LogP contribution in [0.1, 0.15) is 33.1 Å². The second-order valence-electron chi connectivity index (χ2n) is 4.70. The van der Waals surface area contributed by atoms with E-state index >= 15 is 0 Å². The molecule has 3 heteroatoms. The predicted octanol–water partition coefficient (Wildman–Crippen LogP) is 1.24. The van der Waals surface area contributed by atoms with Crippen LogP contribution >= 0.6 is 0 Å². The van der Waals surface area contributed by atoms with E-state index in [1.165, 1.54) is 19.3 Å². The van der Waals surface area contributed by atoms with Gasteiger partial charge >= 0.3 is 0 Å². The van der Waals surface area contributed by atoms with Crippen LogP contribution in [-0.2, 0) is 4.79 Å². The van der Waals surface area contributed by atoms with Crippen LogP contribution in [-0.4, -0.2) is 37.0 Å². The third-order valence-corrected chi connectivity index (χ3v) is 2.73. The van der Waals surface area contributed by atoms with E-state index in [1.807, 2.05) is 6.92 Å². The Morgan fingerprint density at radius 3 is 2.43 bits per heavy atom. The van der Waals surface area contributed by atoms with E-state index in [1.54, 1.807) is 19.0 Å². The Bertz CT molecular complexity index is 199. The zero-order valence-corrected chi connectivity index (χ0v) is 9.71. The number of carbonyl (C=O) groups excluding carboxylic acids is 1. The van der Waals surface area contributed by atoms with Crippen LogP contribution in [0.4, 0.5) is 0 Å². The summed E-state index contributed by atoms with van der Waals surface area (Å²) in [6, 6.07) is 0.403. The minimum Gasteiger partial charge on any atom is -0.347 e. The third kappa shape index (κ3) is 3.66. The van der Waals surface area contributed by atoms with E-state index in [-0.39, 0.29) is 11.9 Å². The van der Waals surface area contributed by atoms with Gasteiger partial charge in [-0.25, -0.2) is 0 Å². The molecule has 1 amide bonds. The van der Waals surface area contributed by atoms with E-state index in [9.17, 15) is 4.79 Å². The Morgan fingerprint density at radius 1 is 1.43 bits per heavy atom. The molecule has 1 N–H and O–H groups in total. The topological polar surface area (TPSA) is 32.3 Å². The van der Waals surface area contributed by atoms with Gasteiger partial charge < -0.3 is 10.2 Å². The molecule has 0 heterocycles. The summed E-state index contributed by atoms with van der Waals surface area (Å²) >= 11 is 0. The smallest absolute Gasteiger partial charge is 0.238 e. The van der Waals surface area contributed by atoms with Crippen molar-refractivity contribution >= 4 is 5.91 Å². The predicted molar refractivity (Wildman–Crippen MR) is 58.1 cm³/mol. The molecule has 2 atom stereocenters. The average Bonchev–Trinajstić information content (AvgIpc) is 2.86. The van der Waals surface area contributed by atoms with Gasteiger partial charge in [0.15, 0.2) is 0 Å². The van der Waals surface area contributed by atoms with Gasteiger partial charge in [0.2, 0.25) is 5.91 Å². The number of carbonyl (C=O) groups is 1. The molecule has 0 saturated heterocycles. The Hall–Kier alpha value is -0.570. The Labute approximate surface area is 86.9 Å². The maximum absolute atomic E-state index is 11.5. The zero-order chi connectivity index (χ0) is 10.7. The summed E-state index contributed by atoms with van der Waals surface area (Å²) in [5, 5.41) is 3.34. The fourth-order valence-corrected chi connectivity index (χ4v) is 1.81. The van der Waals surface area contributed by atoms with Crippen LogP contribution in [0.2, 0.25) is 0 Å². The molecule has 0 spiro atoms. The molecule has 1 aliphatic carbocycles. The van der Waals surface area contributed by atoms with Gasteiger partial charge in [-0.05, 0) is 26.2 Å². The van der Waals surface area contributed by atoms with Crippen molar-refractivity contribution in [2.45, 2.75) is 45.2 Å². The Balaban J connectivity index is 2.23. The van der Waals surface area contributed by atoms with Crippen molar-refractivity contribution in [1.82, 2.24) is 10.2 Å². The molecular weight excluding hydrogens is 176 g/mol. The standard InChI is InChI=1S/C11H22N2O/c1-8(7-10-5-6-10)12-9(2)11(14)13(3)4/h8-10,12H,5-7H2,1-4H3. The molecule has 82 valence electrons. The lowest BCUT2D eigenvalue weighted by molar-refractivity contribution is -0.130. The molecule has 0 radical (unpaired) electrons. The minimum absolute atomic E-state index is 0.0567. The summed E-state index contributed by atoms with van der Waals surface area (Å²) in [4.78, 5) is 13.2. The van der Waals surface area contributed by atoms with Crippen LogP contribution < -0.4 is 5.32 Å². The number of rotatable bonds is 5. The first-order valence-corrected chi connectivity index (χ1v) is 5.48. The highest BCUT2D eigenvalue weighted by Gasteiger charge is 2.25. The van der Waals surface area contributed by atoms with Gasteiger partial charge in [-0.15, -0.1) is 0 Å². The number of hydrogen-bond acceptors (Lipinski definition) is 2. The monoisotopic (exact) mass is 198 g/mol. The summed E-state index contributed by atoms with van der Waals surface area (Å²) in [5.74, 6) is 1.08. The Morgan fingerprint density at radius 2 is 2.00 bits per heavy atom. The van der Waals surface area contributed by atoms with Gasteiger partial charge in [0.05, 0.1) is 6.04 Å². The molecule has 1 fully saturated rings. The number of amides is 1. The lowest BCUT2D eigenvalue weighted by atomic mass is 10.1. The maximum atomic E-state index is 11.5. The summed E-state index contributed by atoms with van der Waals surface area (Å²) < 4.78 is 0. The SMILES string of the molecule is CC(CC1CC1)NC(C)C(=O)N(C)C. The molecule has 3 nitrogen and oxygen atoms in total. The molecule has 14 heavy (non-hydrogen) atoms. The lowest BCUT2D eigenvalue weighted by Crippen LogP contribution is -2.45. The molecule has 0 bridgehead atoms. The quantitative estimate of drug-likeness (QED) is 0.721. The minimum atomic E-state index is -0.0567. The fourth-order valence-electron chi connectivity index (χ4n) is 1.81. The van der Waals surface area contributed by atoms with E-state index in [4.69, 9.17) is 0 Å². The second-order valence-corrected chi connectivity index (χ2v) is 4.70. The fraction of sp³-hybridized carbons (Fsp3) is 0.909. The normalized spacial score (nSPS) is 20.3. The van der Waals surface area contributed by atoms with Gasteiger partial charge in [-0.3, -0.25) is 4.79 Å². The van der Waals surface area contributed by atoms with Crippen molar-refractivity contribution in [2.75, 3.05) is 14.1 Å². The molecule has 0 aliphatic heterocycles. The van der Waals surface area contributed by atoms with Crippen LogP contribution in [0.3, 0.4) is 0 Å². The highest BCUT2D eigenvalue weighted by molar-refractivity contribution is 5.80. The van der Waals surface area contributed by atoms with E-state index in [0.29, 0.717) is 6.04 Å². The van der Waals surface area contributed by atoms with Crippen molar-refractivity contribution in [3.8, 4) is 0 Å². The van der Waals surface area contributed by atoms with Gasteiger partial charge in [0, 0.05) is 20.1 Å². The number of nitrogens with one attached hydrogen (secondary N) is 1. The number of nitrogens with zero attached hydrogens (tertiary/aromatic N) is 1. The number of likely N-dealkylation sites (N-methyl/N-ethyl adjacent to an activating group) is 1. The first-order chi connectivity index (χ1) is 6.50. The molecule has 1 rings (SSSR count). The van der Waals surface area contributed by atoms with Gasteiger partial charge in [0.25, 0.3) is 0 Å². The summed E-state index contributed by atoms with van der Waals surface area (Å²) in [5.41, 5.74) is 0. The maximum Gasteiger partial charge on any atom is 0.238 e. The average molecular weight is 198 g/mol. The van der Waals surface area contributed by atoms with Crippen molar-refractivity contribution in [2.24, 2.45) is 5.92 Å². The van der Waals surface area contributed by atoms with Gasteiger partial charge in [-0.2, -0.15) is 0 Å². The van der Waals surface area contributed by atoms with Crippen LogP contribution in [0.15, 0.2) is 0 Å². The zero-order valence-electron chi connectivity index (χ0n) is 9.71. The van der Waals surface area contributed by atoms with Gasteiger partial charge in [0.1, 0.15) is 0 Å². The molecule has 1 saturated carbocycles. The first-order valence-electron chi connectivity index (χ1n) is 5.48. The highest BCUT2D eigenvalue weighted by Crippen LogP contribution is 2.33. The molecular formula is C11H22N2O. The molecule has 0 aromatic rings. The van der Waals surface area contributed by atoms with Crippen LogP contribution in [0.25, 0.3) is 0 Å². The van der Waals surface area contributed by atoms with Crippen LogP contribution in [0.5, 0.6) is 0 Å². The lowest BCUT2D eigenvalue weighted by Gasteiger charge is -2.22. The third-order valence-electron chi connectivity index (χ3n) is 2.73. The molecule has 2 unspecified atom stereocenters. The van der Waals surface area contributed by atoms with Crippen molar-refractivity contribution in [3.63, 3.8) is 0 Å². The molecule has 0 aromatic carbocycles. The summed E-state index contributed by atoms with van der Waals surface area (Å²) in [6.45, 7) is 4.10. The molecule has 1 aliphatic rings. The first kappa shape index (κ1) is 11.5. The van der Waals surface area contributed by atoms with Crippen LogP contribution in [0, 0.1) is 5.92 Å². The van der Waals surface area contributed by atoms with E-state index in [0.717, 1.165) is 5.92 Å². The number of hydrogen-bond donors (Lipinski definition) is 1. The largest absolute Gasteiger partial charge is 0.347 e. The van der Waals surface area contributed by atoms with E-state index < -0.39 is 0 Å². The Kier molecular flexibility index (Phi) is 3.93. The van der Waals surface area contributed by atoms with Crippen molar-refractivity contribution in [1.29, 1.82) is 0 Å².